The summed E-state index contributed by atoms with van der Waals surface area (Å²) < 4.78 is 16.6. The summed E-state index contributed by atoms with van der Waals surface area (Å²) in [5, 5.41) is 0. The Hall–Kier alpha value is -1.95. The first kappa shape index (κ1) is 20.0. The quantitative estimate of drug-likeness (QED) is 0.733. The number of methoxy groups -OCH3 is 1. The van der Waals surface area contributed by atoms with E-state index in [9.17, 15) is 4.79 Å². The molecule has 1 amide bonds. The van der Waals surface area contributed by atoms with E-state index >= 15 is 0 Å². The third kappa shape index (κ3) is 3.98. The van der Waals surface area contributed by atoms with Crippen molar-refractivity contribution in [1.29, 1.82) is 0 Å². The summed E-state index contributed by atoms with van der Waals surface area (Å²) in [6.45, 7) is 4.24. The zero-order valence-corrected chi connectivity index (χ0v) is 18.1. The number of fused-ring (bicyclic) bond motifs is 2. The molecule has 0 aromatic heterocycles. The highest BCUT2D eigenvalue weighted by Crippen LogP contribution is 2.42. The molecule has 4 aliphatic rings. The number of carbonyl (C=O) groups is 1. The fraction of sp³-hybridized carbons (Fsp3) is 0.708. The van der Waals surface area contributed by atoms with Crippen LogP contribution in [0.2, 0.25) is 0 Å². The number of carbonyl (C=O) groups excluding carboxylic acids is 1. The highest BCUT2D eigenvalue weighted by atomic mass is 16.7. The molecule has 1 aromatic rings. The van der Waals surface area contributed by atoms with Gasteiger partial charge < -0.3 is 19.1 Å². The Bertz CT molecular complexity index is 777. The standard InChI is InChI=1S/C24H34N2O4/c1-28-21-11-18(12-22-24(21)30-16-29-22)13-25-10-9-20-19(15-25)7-8-23(27)26(20)14-17-5-3-2-4-6-17/h11-12,17,19-20H,2-10,13-16H2,1H3/t19-,20+/m1/s1. The Morgan fingerprint density at radius 2 is 1.97 bits per heavy atom. The lowest BCUT2D eigenvalue weighted by Gasteiger charge is -2.48. The van der Waals surface area contributed by atoms with E-state index in [2.05, 4.69) is 21.9 Å². The molecule has 6 nitrogen and oxygen atoms in total. The summed E-state index contributed by atoms with van der Waals surface area (Å²) in [6.07, 6.45) is 9.51. The molecule has 5 rings (SSSR count). The number of benzene rings is 1. The number of ether oxygens (including phenoxy) is 3. The van der Waals surface area contributed by atoms with Crippen LogP contribution in [0.5, 0.6) is 17.2 Å². The molecule has 0 bridgehead atoms. The van der Waals surface area contributed by atoms with Gasteiger partial charge in [0, 0.05) is 38.6 Å². The van der Waals surface area contributed by atoms with Crippen molar-refractivity contribution in [2.24, 2.45) is 11.8 Å². The molecule has 0 N–H and O–H groups in total. The van der Waals surface area contributed by atoms with Gasteiger partial charge in [-0.3, -0.25) is 9.69 Å². The number of rotatable bonds is 5. The summed E-state index contributed by atoms with van der Waals surface area (Å²) in [5.41, 5.74) is 1.19. The summed E-state index contributed by atoms with van der Waals surface area (Å²) >= 11 is 0. The van der Waals surface area contributed by atoms with Gasteiger partial charge in [0.1, 0.15) is 0 Å². The molecule has 0 unspecified atom stereocenters. The lowest BCUT2D eigenvalue weighted by molar-refractivity contribution is -0.142. The number of likely N-dealkylation sites (tertiary alicyclic amines) is 2. The van der Waals surface area contributed by atoms with Gasteiger partial charge in [-0.2, -0.15) is 0 Å². The highest BCUT2D eigenvalue weighted by molar-refractivity contribution is 5.77. The van der Waals surface area contributed by atoms with Crippen LogP contribution in [-0.2, 0) is 11.3 Å². The van der Waals surface area contributed by atoms with Crippen molar-refractivity contribution in [3.8, 4) is 17.2 Å². The van der Waals surface area contributed by atoms with E-state index in [1.807, 2.05) is 0 Å². The van der Waals surface area contributed by atoms with E-state index in [1.165, 1.54) is 37.7 Å². The Morgan fingerprint density at radius 1 is 1.10 bits per heavy atom. The van der Waals surface area contributed by atoms with Crippen LogP contribution in [0.3, 0.4) is 0 Å². The average Bonchev–Trinajstić information content (AvgIpc) is 3.24. The van der Waals surface area contributed by atoms with Gasteiger partial charge in [0.15, 0.2) is 11.5 Å². The second-order valence-corrected chi connectivity index (χ2v) is 9.47. The van der Waals surface area contributed by atoms with Crippen LogP contribution in [0.4, 0.5) is 0 Å². The molecule has 2 atom stereocenters. The third-order valence-electron chi connectivity index (χ3n) is 7.53. The van der Waals surface area contributed by atoms with Gasteiger partial charge in [-0.05, 0) is 55.2 Å². The molecule has 30 heavy (non-hydrogen) atoms. The molecule has 1 aromatic carbocycles. The van der Waals surface area contributed by atoms with Gasteiger partial charge in [-0.25, -0.2) is 0 Å². The molecule has 3 fully saturated rings. The zero-order valence-electron chi connectivity index (χ0n) is 18.1. The van der Waals surface area contributed by atoms with Gasteiger partial charge in [0.25, 0.3) is 0 Å². The smallest absolute Gasteiger partial charge is 0.231 e. The SMILES string of the molecule is COc1cc(CN2CC[C@H]3[C@H](CCC(=O)N3CC3CCCCC3)C2)cc2c1OCO2. The molecule has 0 radical (unpaired) electrons. The van der Waals surface area contributed by atoms with Crippen molar-refractivity contribution in [2.45, 2.75) is 64.0 Å². The minimum Gasteiger partial charge on any atom is -0.493 e. The van der Waals surface area contributed by atoms with Crippen LogP contribution < -0.4 is 14.2 Å². The maximum Gasteiger partial charge on any atom is 0.231 e. The van der Waals surface area contributed by atoms with Gasteiger partial charge in [-0.1, -0.05) is 19.3 Å². The molecule has 6 heteroatoms. The molecular formula is C24H34N2O4. The maximum absolute atomic E-state index is 12.7. The largest absolute Gasteiger partial charge is 0.493 e. The number of nitrogens with zero attached hydrogens (tertiary/aromatic N) is 2. The van der Waals surface area contributed by atoms with E-state index in [0.29, 0.717) is 23.6 Å². The molecule has 3 aliphatic heterocycles. The van der Waals surface area contributed by atoms with E-state index in [-0.39, 0.29) is 6.79 Å². The van der Waals surface area contributed by atoms with Crippen molar-refractivity contribution in [1.82, 2.24) is 9.80 Å². The number of hydrogen-bond donors (Lipinski definition) is 0. The fourth-order valence-corrected chi connectivity index (χ4v) is 5.99. The molecular weight excluding hydrogens is 380 g/mol. The van der Waals surface area contributed by atoms with E-state index in [4.69, 9.17) is 14.2 Å². The molecule has 1 saturated carbocycles. The summed E-state index contributed by atoms with van der Waals surface area (Å²) in [4.78, 5) is 17.6. The van der Waals surface area contributed by atoms with Crippen LogP contribution in [0.15, 0.2) is 12.1 Å². The van der Waals surface area contributed by atoms with E-state index < -0.39 is 0 Å². The molecule has 0 spiro atoms. The number of amides is 1. The Labute approximate surface area is 179 Å². The van der Waals surface area contributed by atoms with Crippen LogP contribution in [-0.4, -0.2) is 55.3 Å². The second-order valence-electron chi connectivity index (χ2n) is 9.47. The zero-order chi connectivity index (χ0) is 20.5. The lowest BCUT2D eigenvalue weighted by Crippen LogP contribution is -2.56. The monoisotopic (exact) mass is 414 g/mol. The first-order chi connectivity index (χ1) is 14.7. The molecule has 164 valence electrons. The molecule has 3 heterocycles. The maximum atomic E-state index is 12.7. The fourth-order valence-electron chi connectivity index (χ4n) is 5.99. The van der Waals surface area contributed by atoms with Crippen molar-refractivity contribution in [3.63, 3.8) is 0 Å². The van der Waals surface area contributed by atoms with Crippen LogP contribution >= 0.6 is 0 Å². The Balaban J connectivity index is 1.24. The van der Waals surface area contributed by atoms with Crippen LogP contribution in [0, 0.1) is 11.8 Å². The lowest BCUT2D eigenvalue weighted by atomic mass is 9.81. The number of piperidine rings is 2. The topological polar surface area (TPSA) is 51.2 Å². The average molecular weight is 415 g/mol. The summed E-state index contributed by atoms with van der Waals surface area (Å²) in [6, 6.07) is 4.59. The van der Waals surface area contributed by atoms with Gasteiger partial charge in [0.05, 0.1) is 7.11 Å². The van der Waals surface area contributed by atoms with Crippen LogP contribution in [0.25, 0.3) is 0 Å². The minimum absolute atomic E-state index is 0.257. The predicted molar refractivity (Wildman–Crippen MR) is 114 cm³/mol. The first-order valence-corrected chi connectivity index (χ1v) is 11.7. The van der Waals surface area contributed by atoms with Crippen molar-refractivity contribution < 1.29 is 19.0 Å². The summed E-state index contributed by atoms with van der Waals surface area (Å²) in [7, 11) is 1.67. The van der Waals surface area contributed by atoms with Gasteiger partial charge >= 0.3 is 0 Å². The van der Waals surface area contributed by atoms with Gasteiger partial charge in [0.2, 0.25) is 18.4 Å². The first-order valence-electron chi connectivity index (χ1n) is 11.7. The van der Waals surface area contributed by atoms with Crippen molar-refractivity contribution in [3.05, 3.63) is 17.7 Å². The van der Waals surface area contributed by atoms with Crippen molar-refractivity contribution >= 4 is 5.91 Å². The molecule has 2 saturated heterocycles. The minimum atomic E-state index is 0.257. The predicted octanol–water partition coefficient (Wildman–Crippen LogP) is 3.82. The van der Waals surface area contributed by atoms with E-state index in [1.54, 1.807) is 7.11 Å². The van der Waals surface area contributed by atoms with Crippen LogP contribution in [0.1, 0.15) is 56.9 Å². The van der Waals surface area contributed by atoms with Crippen molar-refractivity contribution in [2.75, 3.05) is 33.5 Å². The number of hydrogen-bond acceptors (Lipinski definition) is 5. The highest BCUT2D eigenvalue weighted by Gasteiger charge is 2.40. The molecule has 1 aliphatic carbocycles. The normalized spacial score (nSPS) is 27.2. The Morgan fingerprint density at radius 3 is 2.80 bits per heavy atom. The summed E-state index contributed by atoms with van der Waals surface area (Å²) in [5.74, 6) is 3.95. The van der Waals surface area contributed by atoms with Gasteiger partial charge in [-0.15, -0.1) is 0 Å². The third-order valence-corrected chi connectivity index (χ3v) is 7.53. The van der Waals surface area contributed by atoms with E-state index in [0.717, 1.165) is 62.9 Å². The second kappa shape index (κ2) is 8.66. The Kier molecular flexibility index (Phi) is 5.77.